The van der Waals surface area contributed by atoms with Crippen LogP contribution in [0.4, 0.5) is 4.39 Å². The summed E-state index contributed by atoms with van der Waals surface area (Å²) in [5.41, 5.74) is 1.95. The number of fused-ring (bicyclic) bond motifs is 1. The van der Waals surface area contributed by atoms with Crippen LogP contribution in [0.25, 0.3) is 11.0 Å². The topological polar surface area (TPSA) is 26.0 Å². The van der Waals surface area contributed by atoms with Crippen molar-refractivity contribution in [3.05, 3.63) is 42.4 Å². The Morgan fingerprint density at radius 3 is 2.57 bits per heavy atom. The Morgan fingerprint density at radius 1 is 1.29 bits per heavy atom. The zero-order chi connectivity index (χ0) is 10.7. The molecule has 0 aliphatic carbocycles. The highest BCUT2D eigenvalue weighted by Gasteiger charge is 2.06. The smallest absolute Gasteiger partial charge is 0.167 e. The summed E-state index contributed by atoms with van der Waals surface area (Å²) < 4.78 is 18.0. The maximum Gasteiger partial charge on any atom is 0.167 e. The molecule has 1 aromatic carbocycles. The van der Waals surface area contributed by atoms with E-state index >= 15 is 0 Å². The molecule has 2 rings (SSSR count). The van der Waals surface area contributed by atoms with Crippen LogP contribution in [0.1, 0.15) is 11.3 Å². The zero-order valence-corrected chi connectivity index (χ0v) is 8.30. The molecule has 74 valence electrons. The van der Waals surface area contributed by atoms with Gasteiger partial charge in [-0.25, -0.2) is 4.39 Å². The van der Waals surface area contributed by atoms with Crippen LogP contribution >= 0.6 is 0 Å². The standard InChI is InChI=1S/C9H8FNO.C2H4/c1-5-3-9-7(4-8(5)10)6(2)11-12-9;1-2/h3-4H,1-2H3;1-2H2. The molecule has 0 unspecified atom stereocenters. The van der Waals surface area contributed by atoms with Gasteiger partial charge in [-0.3, -0.25) is 0 Å². The summed E-state index contributed by atoms with van der Waals surface area (Å²) in [7, 11) is 0. The minimum Gasteiger partial charge on any atom is -0.356 e. The van der Waals surface area contributed by atoms with E-state index < -0.39 is 0 Å². The van der Waals surface area contributed by atoms with Crippen molar-refractivity contribution < 1.29 is 8.91 Å². The molecule has 0 saturated heterocycles. The van der Waals surface area contributed by atoms with Crippen LogP contribution in [0.3, 0.4) is 0 Å². The molecular formula is C11H12FNO. The van der Waals surface area contributed by atoms with Crippen molar-refractivity contribution in [1.82, 2.24) is 5.16 Å². The molecule has 0 radical (unpaired) electrons. The number of aromatic nitrogens is 1. The van der Waals surface area contributed by atoms with E-state index in [0.717, 1.165) is 11.1 Å². The third-order valence-electron chi connectivity index (χ3n) is 1.93. The van der Waals surface area contributed by atoms with Gasteiger partial charge in [0.1, 0.15) is 5.82 Å². The van der Waals surface area contributed by atoms with E-state index in [1.165, 1.54) is 6.07 Å². The fourth-order valence-corrected chi connectivity index (χ4v) is 1.18. The van der Waals surface area contributed by atoms with Gasteiger partial charge in [0.2, 0.25) is 0 Å². The minimum atomic E-state index is -0.214. The Morgan fingerprint density at radius 2 is 1.93 bits per heavy atom. The summed E-state index contributed by atoms with van der Waals surface area (Å²) in [6.07, 6.45) is 0. The predicted molar refractivity (Wildman–Crippen MR) is 54.7 cm³/mol. The molecule has 0 amide bonds. The molecule has 0 bridgehead atoms. The van der Waals surface area contributed by atoms with Gasteiger partial charge in [0.25, 0.3) is 0 Å². The number of hydrogen-bond acceptors (Lipinski definition) is 2. The lowest BCUT2D eigenvalue weighted by atomic mass is 10.1. The third-order valence-corrected chi connectivity index (χ3v) is 1.93. The van der Waals surface area contributed by atoms with Crippen LogP contribution in [-0.4, -0.2) is 5.16 Å². The molecule has 0 fully saturated rings. The Balaban J connectivity index is 0.000000461. The summed E-state index contributed by atoms with van der Waals surface area (Å²) in [6.45, 7) is 9.49. The summed E-state index contributed by atoms with van der Waals surface area (Å²) >= 11 is 0. The monoisotopic (exact) mass is 193 g/mol. The molecule has 1 aromatic heterocycles. The maximum absolute atomic E-state index is 13.0. The molecule has 3 heteroatoms. The SMILES string of the molecule is C=C.Cc1cc2onc(C)c2cc1F. The van der Waals surface area contributed by atoms with E-state index in [-0.39, 0.29) is 5.82 Å². The normalized spacial score (nSPS) is 9.64. The molecule has 0 saturated carbocycles. The fraction of sp³-hybridized carbons (Fsp3) is 0.182. The Labute approximate surface area is 82.0 Å². The Bertz CT molecular complexity index is 448. The lowest BCUT2D eigenvalue weighted by molar-refractivity contribution is 0.450. The summed E-state index contributed by atoms with van der Waals surface area (Å²) in [5, 5.41) is 4.48. The van der Waals surface area contributed by atoms with Crippen molar-refractivity contribution in [2.24, 2.45) is 0 Å². The van der Waals surface area contributed by atoms with Crippen LogP contribution in [0.2, 0.25) is 0 Å². The van der Waals surface area contributed by atoms with Gasteiger partial charge in [-0.2, -0.15) is 0 Å². The highest BCUT2D eigenvalue weighted by Crippen LogP contribution is 2.21. The van der Waals surface area contributed by atoms with E-state index in [2.05, 4.69) is 18.3 Å². The molecule has 2 nitrogen and oxygen atoms in total. The molecule has 0 aliphatic rings. The first kappa shape index (κ1) is 10.4. The second-order valence-electron chi connectivity index (χ2n) is 2.87. The quantitative estimate of drug-likeness (QED) is 0.599. The van der Waals surface area contributed by atoms with Crippen molar-refractivity contribution in [1.29, 1.82) is 0 Å². The number of hydrogen-bond donors (Lipinski definition) is 0. The van der Waals surface area contributed by atoms with Crippen molar-refractivity contribution in [2.75, 3.05) is 0 Å². The number of rotatable bonds is 0. The van der Waals surface area contributed by atoms with Crippen molar-refractivity contribution in [3.8, 4) is 0 Å². The van der Waals surface area contributed by atoms with Crippen molar-refractivity contribution in [3.63, 3.8) is 0 Å². The number of aryl methyl sites for hydroxylation is 2. The first-order valence-electron chi connectivity index (χ1n) is 4.20. The Kier molecular flexibility index (Phi) is 3.02. The average Bonchev–Trinajstić information content (AvgIpc) is 2.53. The molecule has 0 N–H and O–H groups in total. The van der Waals surface area contributed by atoms with E-state index in [1.54, 1.807) is 19.9 Å². The van der Waals surface area contributed by atoms with E-state index in [4.69, 9.17) is 4.52 Å². The van der Waals surface area contributed by atoms with Gasteiger partial charge in [0.15, 0.2) is 5.58 Å². The lowest BCUT2D eigenvalue weighted by Crippen LogP contribution is -1.80. The third kappa shape index (κ3) is 1.66. The highest BCUT2D eigenvalue weighted by molar-refractivity contribution is 5.79. The van der Waals surface area contributed by atoms with Crippen molar-refractivity contribution in [2.45, 2.75) is 13.8 Å². The Hall–Kier alpha value is -1.64. The zero-order valence-electron chi connectivity index (χ0n) is 8.30. The maximum atomic E-state index is 13.0. The van der Waals surface area contributed by atoms with Gasteiger partial charge in [-0.1, -0.05) is 5.16 Å². The molecule has 2 aromatic rings. The van der Waals surface area contributed by atoms with E-state index in [9.17, 15) is 4.39 Å². The first-order chi connectivity index (χ1) is 6.68. The van der Waals surface area contributed by atoms with Gasteiger partial charge in [0, 0.05) is 5.39 Å². The number of halogens is 1. The van der Waals surface area contributed by atoms with E-state index in [0.29, 0.717) is 11.1 Å². The number of benzene rings is 1. The fourth-order valence-electron chi connectivity index (χ4n) is 1.18. The molecule has 0 atom stereocenters. The molecule has 14 heavy (non-hydrogen) atoms. The first-order valence-corrected chi connectivity index (χ1v) is 4.20. The number of nitrogens with zero attached hydrogens (tertiary/aromatic N) is 1. The largest absolute Gasteiger partial charge is 0.356 e. The van der Waals surface area contributed by atoms with Crippen LogP contribution in [0.15, 0.2) is 29.8 Å². The molecule has 0 aliphatic heterocycles. The van der Waals surface area contributed by atoms with Gasteiger partial charge < -0.3 is 4.52 Å². The molecule has 1 heterocycles. The van der Waals surface area contributed by atoms with Crippen molar-refractivity contribution >= 4 is 11.0 Å². The van der Waals surface area contributed by atoms with Crippen LogP contribution < -0.4 is 0 Å². The lowest BCUT2D eigenvalue weighted by Gasteiger charge is -1.93. The van der Waals surface area contributed by atoms with Gasteiger partial charge >= 0.3 is 0 Å². The van der Waals surface area contributed by atoms with Gasteiger partial charge in [-0.05, 0) is 31.5 Å². The van der Waals surface area contributed by atoms with Gasteiger partial charge in [-0.15, -0.1) is 13.2 Å². The highest BCUT2D eigenvalue weighted by atomic mass is 19.1. The summed E-state index contributed by atoms with van der Waals surface area (Å²) in [5.74, 6) is -0.214. The molecular weight excluding hydrogens is 181 g/mol. The minimum absolute atomic E-state index is 0.214. The predicted octanol–water partition coefficient (Wildman–Crippen LogP) is 3.39. The second-order valence-corrected chi connectivity index (χ2v) is 2.87. The summed E-state index contributed by atoms with van der Waals surface area (Å²) in [6, 6.07) is 3.11. The van der Waals surface area contributed by atoms with Crippen LogP contribution in [0, 0.1) is 19.7 Å². The van der Waals surface area contributed by atoms with Crippen LogP contribution in [0.5, 0.6) is 0 Å². The summed E-state index contributed by atoms with van der Waals surface area (Å²) in [4.78, 5) is 0. The average molecular weight is 193 g/mol. The van der Waals surface area contributed by atoms with E-state index in [1.807, 2.05) is 0 Å². The molecule has 0 spiro atoms. The second kappa shape index (κ2) is 4.05. The van der Waals surface area contributed by atoms with Gasteiger partial charge in [0.05, 0.1) is 5.69 Å². The van der Waals surface area contributed by atoms with Crippen LogP contribution in [-0.2, 0) is 0 Å².